The van der Waals surface area contributed by atoms with E-state index in [4.69, 9.17) is 0 Å². The summed E-state index contributed by atoms with van der Waals surface area (Å²) in [6.45, 7) is 3.26. The van der Waals surface area contributed by atoms with Crippen LogP contribution in [0.3, 0.4) is 0 Å². The standard InChI is InChI=1S/C3H8O2S.ClH.Mg/c1-3(2)6(4)5;;/h3H,1-2H3,(H,4,5);1H;/q;;+2/p-2. The molecule has 0 amide bonds. The smallest absolute Gasteiger partial charge is 1.00 e. The van der Waals surface area contributed by atoms with Gasteiger partial charge >= 0.3 is 23.1 Å². The van der Waals surface area contributed by atoms with Crippen molar-refractivity contribution in [2.45, 2.75) is 19.1 Å². The van der Waals surface area contributed by atoms with Crippen LogP contribution in [0.2, 0.25) is 0 Å². The molecule has 0 fully saturated rings. The van der Waals surface area contributed by atoms with E-state index in [1.807, 2.05) is 0 Å². The average molecular weight is 167 g/mol. The van der Waals surface area contributed by atoms with Gasteiger partial charge in [-0.1, -0.05) is 24.9 Å². The van der Waals surface area contributed by atoms with Crippen molar-refractivity contribution in [3.8, 4) is 0 Å². The zero-order chi connectivity index (χ0) is 5.15. The van der Waals surface area contributed by atoms with Gasteiger partial charge in [-0.2, -0.15) is 0 Å². The fourth-order valence-corrected chi connectivity index (χ4v) is 0. The summed E-state index contributed by atoms with van der Waals surface area (Å²) in [4.78, 5) is 0. The van der Waals surface area contributed by atoms with E-state index in [-0.39, 0.29) is 40.7 Å². The van der Waals surface area contributed by atoms with Crippen LogP contribution < -0.4 is 12.4 Å². The molecule has 0 heterocycles. The molecule has 5 heteroatoms. The van der Waals surface area contributed by atoms with E-state index in [0.29, 0.717) is 0 Å². The SMILES string of the molecule is CC(C)S(=O)[O-].[Cl-].[Mg+2]. The van der Waals surface area contributed by atoms with Gasteiger partial charge in [-0.05, 0) is 0 Å². The van der Waals surface area contributed by atoms with Crippen molar-refractivity contribution in [1.82, 2.24) is 0 Å². The van der Waals surface area contributed by atoms with Gasteiger partial charge in [0.2, 0.25) is 0 Å². The van der Waals surface area contributed by atoms with Crippen LogP contribution in [0.4, 0.5) is 0 Å². The molecule has 0 saturated heterocycles. The molecule has 8 heavy (non-hydrogen) atoms. The van der Waals surface area contributed by atoms with Crippen LogP contribution in [-0.4, -0.2) is 37.1 Å². The third-order valence-electron chi connectivity index (χ3n) is 0.385. The quantitative estimate of drug-likeness (QED) is 0.306. The monoisotopic (exact) mass is 166 g/mol. The Kier molecular flexibility index (Phi) is 16.4. The molecule has 0 saturated carbocycles. The van der Waals surface area contributed by atoms with E-state index in [9.17, 15) is 8.76 Å². The summed E-state index contributed by atoms with van der Waals surface area (Å²) in [5.41, 5.74) is 0. The molecule has 0 spiro atoms. The molecule has 0 aliphatic heterocycles. The topological polar surface area (TPSA) is 40.1 Å². The molecule has 1 atom stereocenters. The maximum absolute atomic E-state index is 9.70. The second-order valence-electron chi connectivity index (χ2n) is 1.31. The molecule has 0 rings (SSSR count). The van der Waals surface area contributed by atoms with Gasteiger partial charge in [0.1, 0.15) is 0 Å². The van der Waals surface area contributed by atoms with Crippen LogP contribution in [0, 0.1) is 0 Å². The van der Waals surface area contributed by atoms with E-state index in [1.165, 1.54) is 0 Å². The normalized spacial score (nSPS) is 11.5. The minimum atomic E-state index is -1.87. The predicted molar refractivity (Wildman–Crippen MR) is 29.8 cm³/mol. The van der Waals surface area contributed by atoms with Gasteiger partial charge in [0.15, 0.2) is 0 Å². The Morgan fingerprint density at radius 2 is 1.62 bits per heavy atom. The summed E-state index contributed by atoms with van der Waals surface area (Å²) in [6.07, 6.45) is 0. The first-order chi connectivity index (χ1) is 2.64. The number of halogens is 1. The summed E-state index contributed by atoms with van der Waals surface area (Å²) in [5.74, 6) is 0. The Morgan fingerprint density at radius 1 is 1.50 bits per heavy atom. The zero-order valence-electron chi connectivity index (χ0n) is 4.89. The van der Waals surface area contributed by atoms with Crippen LogP contribution in [0.25, 0.3) is 0 Å². The molecule has 0 radical (unpaired) electrons. The molecule has 1 unspecified atom stereocenters. The van der Waals surface area contributed by atoms with Gasteiger partial charge in [0.05, 0.1) is 0 Å². The first-order valence-corrected chi connectivity index (χ1v) is 2.86. The van der Waals surface area contributed by atoms with E-state index < -0.39 is 11.1 Å². The fraction of sp³-hybridized carbons (Fsp3) is 1.00. The first kappa shape index (κ1) is 16.1. The molecule has 0 N–H and O–H groups in total. The van der Waals surface area contributed by atoms with Crippen molar-refractivity contribution in [2.24, 2.45) is 0 Å². The second-order valence-corrected chi connectivity index (χ2v) is 2.77. The van der Waals surface area contributed by atoms with E-state index in [1.54, 1.807) is 13.8 Å². The Labute approximate surface area is 74.3 Å². The van der Waals surface area contributed by atoms with Crippen LogP contribution in [0.5, 0.6) is 0 Å². The minimum absolute atomic E-state index is 0. The largest absolute Gasteiger partial charge is 2.00 e. The summed E-state index contributed by atoms with van der Waals surface area (Å²) in [6, 6.07) is 0. The van der Waals surface area contributed by atoms with E-state index >= 15 is 0 Å². The van der Waals surface area contributed by atoms with Crippen molar-refractivity contribution in [3.63, 3.8) is 0 Å². The van der Waals surface area contributed by atoms with Gasteiger partial charge in [0.25, 0.3) is 0 Å². The molecule has 0 aromatic heterocycles. The van der Waals surface area contributed by atoms with Gasteiger partial charge in [-0.3, -0.25) is 4.21 Å². The summed E-state index contributed by atoms with van der Waals surface area (Å²) < 4.78 is 19.4. The Balaban J connectivity index is -0.000000125. The van der Waals surface area contributed by atoms with Crippen LogP contribution >= 0.6 is 0 Å². The predicted octanol–water partition coefficient (Wildman–Crippen LogP) is -3.10. The molecular formula is C3H7ClMgO2S. The number of hydrogen-bond acceptors (Lipinski definition) is 2. The third kappa shape index (κ3) is 10.2. The van der Waals surface area contributed by atoms with Crippen LogP contribution in [-0.2, 0) is 11.1 Å². The molecule has 2 nitrogen and oxygen atoms in total. The van der Waals surface area contributed by atoms with Gasteiger partial charge < -0.3 is 17.0 Å². The maximum Gasteiger partial charge on any atom is 2.00 e. The van der Waals surface area contributed by atoms with Crippen molar-refractivity contribution in [2.75, 3.05) is 0 Å². The maximum atomic E-state index is 9.70. The van der Waals surface area contributed by atoms with Gasteiger partial charge in [-0.25, -0.2) is 0 Å². The molecule has 0 aliphatic carbocycles. The summed E-state index contributed by atoms with van der Waals surface area (Å²) in [5, 5.41) is -0.231. The van der Waals surface area contributed by atoms with Gasteiger partial charge in [-0.15, -0.1) is 0 Å². The van der Waals surface area contributed by atoms with Crippen LogP contribution in [0.15, 0.2) is 0 Å². The Bertz CT molecular complexity index is 68.3. The summed E-state index contributed by atoms with van der Waals surface area (Å²) in [7, 11) is 0. The molecule has 46 valence electrons. The molecule has 0 aliphatic rings. The molecule has 0 bridgehead atoms. The van der Waals surface area contributed by atoms with Crippen molar-refractivity contribution in [3.05, 3.63) is 0 Å². The summed E-state index contributed by atoms with van der Waals surface area (Å²) >= 11 is -1.87. The number of rotatable bonds is 1. The van der Waals surface area contributed by atoms with E-state index in [2.05, 4.69) is 0 Å². The van der Waals surface area contributed by atoms with Gasteiger partial charge in [0, 0.05) is 5.25 Å². The second kappa shape index (κ2) is 8.17. The third-order valence-corrected chi connectivity index (χ3v) is 1.15. The molecule has 0 aromatic carbocycles. The number of hydrogen-bond donors (Lipinski definition) is 0. The minimum Gasteiger partial charge on any atom is -1.00 e. The van der Waals surface area contributed by atoms with Crippen molar-refractivity contribution in [1.29, 1.82) is 0 Å². The first-order valence-electron chi connectivity index (χ1n) is 1.72. The van der Waals surface area contributed by atoms with Crippen LogP contribution in [0.1, 0.15) is 13.8 Å². The zero-order valence-corrected chi connectivity index (χ0v) is 7.87. The molecular weight excluding hydrogens is 160 g/mol. The van der Waals surface area contributed by atoms with Crippen molar-refractivity contribution < 1.29 is 21.2 Å². The van der Waals surface area contributed by atoms with E-state index in [0.717, 1.165) is 0 Å². The Hall–Kier alpha value is 1.17. The molecule has 0 aromatic rings. The average Bonchev–Trinajstić information content (AvgIpc) is 1.36. The Morgan fingerprint density at radius 3 is 1.62 bits per heavy atom. The van der Waals surface area contributed by atoms with Crippen molar-refractivity contribution >= 4 is 34.1 Å². The fourth-order valence-electron chi connectivity index (χ4n) is 0.